The summed E-state index contributed by atoms with van der Waals surface area (Å²) in [5.41, 5.74) is 0.974. The molecule has 0 aromatic heterocycles. The zero-order valence-electron chi connectivity index (χ0n) is 9.86. The number of carbonyl (C=O) groups excluding carboxylic acids is 3. The molecule has 0 heterocycles. The number of ketones is 1. The smallest absolute Gasteiger partial charge is 0.339 e. The van der Waals surface area contributed by atoms with E-state index in [1.165, 1.54) is 13.0 Å². The van der Waals surface area contributed by atoms with Crippen LogP contribution in [0.4, 0.5) is 0 Å². The molecule has 1 aromatic rings. The molecule has 0 fully saturated rings. The van der Waals surface area contributed by atoms with Gasteiger partial charge in [0.05, 0.1) is 12.2 Å². The Labute approximate surface area is 99.6 Å². The maximum absolute atomic E-state index is 11.7. The van der Waals surface area contributed by atoms with Crippen LogP contribution in [0.3, 0.4) is 0 Å². The Hall–Kier alpha value is -1.97. The zero-order valence-corrected chi connectivity index (χ0v) is 9.86. The molecule has 90 valence electrons. The maximum atomic E-state index is 11.7. The Morgan fingerprint density at radius 2 is 2.06 bits per heavy atom. The highest BCUT2D eigenvalue weighted by Gasteiger charge is 2.17. The number of esters is 1. The summed E-state index contributed by atoms with van der Waals surface area (Å²) in [4.78, 5) is 33.7. The van der Waals surface area contributed by atoms with Crippen LogP contribution in [0.2, 0.25) is 0 Å². The molecule has 4 heteroatoms. The topological polar surface area (TPSA) is 60.4 Å². The van der Waals surface area contributed by atoms with E-state index in [4.69, 9.17) is 4.74 Å². The number of aldehydes is 1. The predicted octanol–water partition coefficient (Wildman–Crippen LogP) is 1.81. The van der Waals surface area contributed by atoms with Crippen LogP contribution < -0.4 is 0 Å². The number of carbonyl (C=O) groups is 3. The van der Waals surface area contributed by atoms with Gasteiger partial charge in [-0.1, -0.05) is 18.2 Å². The first-order chi connectivity index (χ1) is 8.10. The minimum Gasteiger partial charge on any atom is -0.462 e. The van der Waals surface area contributed by atoms with Crippen LogP contribution in [-0.4, -0.2) is 24.6 Å². The lowest BCUT2D eigenvalue weighted by molar-refractivity contribution is -0.116. The molecule has 0 spiro atoms. The van der Waals surface area contributed by atoms with Gasteiger partial charge in [-0.3, -0.25) is 9.59 Å². The van der Waals surface area contributed by atoms with Gasteiger partial charge in [0.15, 0.2) is 6.29 Å². The van der Waals surface area contributed by atoms with Gasteiger partial charge in [-0.15, -0.1) is 0 Å². The highest BCUT2D eigenvalue weighted by molar-refractivity contribution is 6.00. The van der Waals surface area contributed by atoms with Crippen LogP contribution in [0.15, 0.2) is 18.2 Å². The largest absolute Gasteiger partial charge is 0.462 e. The van der Waals surface area contributed by atoms with Crippen molar-refractivity contribution in [1.82, 2.24) is 0 Å². The van der Waals surface area contributed by atoms with Gasteiger partial charge in [0.1, 0.15) is 5.78 Å². The Morgan fingerprint density at radius 3 is 2.59 bits per heavy atom. The Balaban J connectivity index is 3.24. The second kappa shape index (κ2) is 5.94. The predicted molar refractivity (Wildman–Crippen MR) is 62.2 cm³/mol. The van der Waals surface area contributed by atoms with Crippen molar-refractivity contribution >= 4 is 18.0 Å². The number of benzene rings is 1. The van der Waals surface area contributed by atoms with E-state index in [1.54, 1.807) is 19.1 Å². The van der Waals surface area contributed by atoms with Crippen LogP contribution in [-0.2, 0) is 16.0 Å². The third kappa shape index (κ3) is 3.24. The summed E-state index contributed by atoms with van der Waals surface area (Å²) >= 11 is 0. The van der Waals surface area contributed by atoms with Gasteiger partial charge >= 0.3 is 5.97 Å². The van der Waals surface area contributed by atoms with Crippen molar-refractivity contribution in [2.75, 3.05) is 6.61 Å². The normalized spacial score (nSPS) is 9.76. The van der Waals surface area contributed by atoms with Crippen molar-refractivity contribution in [3.05, 3.63) is 34.9 Å². The molecule has 0 amide bonds. The Kier molecular flexibility index (Phi) is 4.57. The fourth-order valence-electron chi connectivity index (χ4n) is 1.59. The highest BCUT2D eigenvalue weighted by Crippen LogP contribution is 2.16. The lowest BCUT2D eigenvalue weighted by Crippen LogP contribution is -2.13. The minimum atomic E-state index is -0.563. The lowest BCUT2D eigenvalue weighted by Gasteiger charge is -2.09. The summed E-state index contributed by atoms with van der Waals surface area (Å²) < 4.78 is 4.88. The molecular weight excluding hydrogens is 220 g/mol. The van der Waals surface area contributed by atoms with Gasteiger partial charge in [0.25, 0.3) is 0 Å². The van der Waals surface area contributed by atoms with E-state index in [-0.39, 0.29) is 29.9 Å². The van der Waals surface area contributed by atoms with E-state index in [9.17, 15) is 14.4 Å². The van der Waals surface area contributed by atoms with Crippen molar-refractivity contribution in [3.8, 4) is 0 Å². The van der Waals surface area contributed by atoms with E-state index >= 15 is 0 Å². The zero-order chi connectivity index (χ0) is 12.8. The average Bonchev–Trinajstić information content (AvgIpc) is 2.28. The quantitative estimate of drug-likeness (QED) is 0.575. The third-order valence-electron chi connectivity index (χ3n) is 2.23. The fraction of sp³-hybridized carbons (Fsp3) is 0.308. The van der Waals surface area contributed by atoms with E-state index in [1.807, 2.05) is 0 Å². The third-order valence-corrected chi connectivity index (χ3v) is 2.23. The van der Waals surface area contributed by atoms with Crippen LogP contribution in [0.1, 0.15) is 40.1 Å². The lowest BCUT2D eigenvalue weighted by atomic mass is 9.98. The van der Waals surface area contributed by atoms with Gasteiger partial charge in [-0.05, 0) is 19.4 Å². The Bertz CT molecular complexity index is 449. The molecule has 0 unspecified atom stereocenters. The number of hydrogen-bond acceptors (Lipinski definition) is 4. The molecule has 0 radical (unpaired) electrons. The molecule has 0 saturated carbocycles. The first-order valence-corrected chi connectivity index (χ1v) is 5.33. The number of hydrogen-bond donors (Lipinski definition) is 0. The summed E-state index contributed by atoms with van der Waals surface area (Å²) in [6.45, 7) is 3.35. The molecule has 0 atom stereocenters. The summed E-state index contributed by atoms with van der Waals surface area (Å²) in [6.07, 6.45) is 0.714. The highest BCUT2D eigenvalue weighted by atomic mass is 16.5. The van der Waals surface area contributed by atoms with Gasteiger partial charge < -0.3 is 4.74 Å². The molecule has 0 aliphatic rings. The summed E-state index contributed by atoms with van der Waals surface area (Å²) in [5, 5.41) is 0. The summed E-state index contributed by atoms with van der Waals surface area (Å²) in [6, 6.07) is 4.83. The van der Waals surface area contributed by atoms with Gasteiger partial charge in [-0.25, -0.2) is 4.79 Å². The fourth-order valence-corrected chi connectivity index (χ4v) is 1.59. The maximum Gasteiger partial charge on any atom is 0.339 e. The standard InChI is InChI=1S/C13H14O4/c1-3-17-13(16)12-10(7-9(2)15)5-4-6-11(12)8-14/h4-6,8H,3,7H2,1-2H3. The molecule has 0 aliphatic heterocycles. The van der Waals surface area contributed by atoms with Crippen molar-refractivity contribution in [1.29, 1.82) is 0 Å². The summed E-state index contributed by atoms with van der Waals surface area (Å²) in [5.74, 6) is -0.634. The van der Waals surface area contributed by atoms with Crippen molar-refractivity contribution in [2.24, 2.45) is 0 Å². The monoisotopic (exact) mass is 234 g/mol. The Morgan fingerprint density at radius 1 is 1.35 bits per heavy atom. The molecule has 0 saturated heterocycles. The van der Waals surface area contributed by atoms with E-state index in [2.05, 4.69) is 0 Å². The molecule has 1 rings (SSSR count). The molecule has 4 nitrogen and oxygen atoms in total. The van der Waals surface area contributed by atoms with Crippen LogP contribution in [0.5, 0.6) is 0 Å². The molecule has 0 aliphatic carbocycles. The summed E-state index contributed by atoms with van der Waals surface area (Å²) in [7, 11) is 0. The van der Waals surface area contributed by atoms with Gasteiger partial charge in [0, 0.05) is 12.0 Å². The molecular formula is C13H14O4. The second-order valence-electron chi connectivity index (χ2n) is 3.60. The molecule has 1 aromatic carbocycles. The molecule has 0 N–H and O–H groups in total. The first kappa shape index (κ1) is 13.1. The van der Waals surface area contributed by atoms with Gasteiger partial charge in [0.2, 0.25) is 0 Å². The van der Waals surface area contributed by atoms with Crippen molar-refractivity contribution in [3.63, 3.8) is 0 Å². The van der Waals surface area contributed by atoms with E-state index < -0.39 is 5.97 Å². The average molecular weight is 234 g/mol. The van der Waals surface area contributed by atoms with E-state index in [0.717, 1.165) is 0 Å². The second-order valence-corrected chi connectivity index (χ2v) is 3.60. The van der Waals surface area contributed by atoms with Crippen LogP contribution >= 0.6 is 0 Å². The van der Waals surface area contributed by atoms with E-state index in [0.29, 0.717) is 11.8 Å². The minimum absolute atomic E-state index is 0.0707. The van der Waals surface area contributed by atoms with Crippen molar-refractivity contribution in [2.45, 2.75) is 20.3 Å². The van der Waals surface area contributed by atoms with Gasteiger partial charge in [-0.2, -0.15) is 0 Å². The number of rotatable bonds is 5. The van der Waals surface area contributed by atoms with Crippen LogP contribution in [0, 0.1) is 0 Å². The van der Waals surface area contributed by atoms with Crippen molar-refractivity contribution < 1.29 is 19.1 Å². The number of ether oxygens (including phenoxy) is 1. The molecule has 17 heavy (non-hydrogen) atoms. The first-order valence-electron chi connectivity index (χ1n) is 5.33. The molecule has 0 bridgehead atoms. The number of Topliss-reactive ketones (excluding diaryl/α,β-unsaturated/α-hetero) is 1. The SMILES string of the molecule is CCOC(=O)c1c(C=O)cccc1CC(C)=O. The van der Waals surface area contributed by atoms with Crippen LogP contribution in [0.25, 0.3) is 0 Å².